The molecule has 1 aliphatic carbocycles. The molecule has 0 radical (unpaired) electrons. The number of fused-ring (bicyclic) bond motifs is 2. The molecule has 2 nitrogen and oxygen atoms in total. The Morgan fingerprint density at radius 2 is 2.25 bits per heavy atom. The number of aryl methyl sites for hydroxylation is 1. The van der Waals surface area contributed by atoms with Crippen molar-refractivity contribution in [2.45, 2.75) is 24.7 Å². The minimum absolute atomic E-state index is 0.509. The van der Waals surface area contributed by atoms with E-state index in [-0.39, 0.29) is 0 Å². The Bertz CT molecular complexity index is 295. The third-order valence-electron chi connectivity index (χ3n) is 3.52. The predicted octanol–water partition coefficient (Wildman–Crippen LogP) is 1.19. The molecule has 1 unspecified atom stereocenters. The van der Waals surface area contributed by atoms with Crippen LogP contribution in [0, 0.1) is 0 Å². The minimum atomic E-state index is 0.509. The van der Waals surface area contributed by atoms with Gasteiger partial charge in [0, 0.05) is 24.4 Å². The van der Waals surface area contributed by atoms with E-state index in [0.717, 1.165) is 0 Å². The van der Waals surface area contributed by atoms with Gasteiger partial charge >= 0.3 is 0 Å². The Labute approximate surface area is 72.4 Å². The van der Waals surface area contributed by atoms with Crippen molar-refractivity contribution in [2.24, 2.45) is 0 Å². The first-order chi connectivity index (χ1) is 5.91. The predicted molar refractivity (Wildman–Crippen MR) is 48.3 cm³/mol. The second-order valence-electron chi connectivity index (χ2n) is 4.10. The van der Waals surface area contributed by atoms with E-state index in [0.29, 0.717) is 5.41 Å². The number of hydrogen-bond donors (Lipinski definition) is 2. The highest BCUT2D eigenvalue weighted by Crippen LogP contribution is 2.42. The summed E-state index contributed by atoms with van der Waals surface area (Å²) in [7, 11) is 0. The second-order valence-corrected chi connectivity index (χ2v) is 4.10. The largest absolute Gasteiger partial charge is 0.367 e. The van der Waals surface area contributed by atoms with E-state index in [4.69, 9.17) is 0 Å². The standard InChI is InChI=1S/C10H14N2/c1-2-10(3-4-11-7-10)9-6-12-5-8(1)9/h5-6,11-12H,1-4,7H2. The molecule has 1 aromatic heterocycles. The Hall–Kier alpha value is -0.760. The van der Waals surface area contributed by atoms with Gasteiger partial charge in [0.1, 0.15) is 0 Å². The molecule has 0 amide bonds. The van der Waals surface area contributed by atoms with Gasteiger partial charge in [-0.3, -0.25) is 0 Å². The van der Waals surface area contributed by atoms with Gasteiger partial charge < -0.3 is 10.3 Å². The molecule has 0 aromatic carbocycles. The van der Waals surface area contributed by atoms with E-state index in [2.05, 4.69) is 22.7 Å². The first-order valence-electron chi connectivity index (χ1n) is 4.78. The zero-order chi connectivity index (χ0) is 8.02. The van der Waals surface area contributed by atoms with Crippen LogP contribution in [0.15, 0.2) is 12.4 Å². The van der Waals surface area contributed by atoms with Crippen LogP contribution in [0.3, 0.4) is 0 Å². The Kier molecular flexibility index (Phi) is 1.20. The van der Waals surface area contributed by atoms with Gasteiger partial charge in [-0.2, -0.15) is 0 Å². The smallest absolute Gasteiger partial charge is 0.0111 e. The average molecular weight is 162 g/mol. The third-order valence-corrected chi connectivity index (χ3v) is 3.52. The average Bonchev–Trinajstić information content (AvgIpc) is 2.76. The molecular weight excluding hydrogens is 148 g/mol. The van der Waals surface area contributed by atoms with Crippen LogP contribution < -0.4 is 5.32 Å². The summed E-state index contributed by atoms with van der Waals surface area (Å²) in [6, 6.07) is 0. The first kappa shape index (κ1) is 6.72. The lowest BCUT2D eigenvalue weighted by atomic mass is 9.82. The zero-order valence-corrected chi connectivity index (χ0v) is 7.19. The lowest BCUT2D eigenvalue weighted by molar-refractivity contribution is 0.467. The zero-order valence-electron chi connectivity index (χ0n) is 7.19. The highest BCUT2D eigenvalue weighted by atomic mass is 14.9. The van der Waals surface area contributed by atoms with Gasteiger partial charge in [-0.05, 0) is 36.9 Å². The second kappa shape index (κ2) is 2.13. The minimum Gasteiger partial charge on any atom is -0.367 e. The third kappa shape index (κ3) is 0.686. The summed E-state index contributed by atoms with van der Waals surface area (Å²) >= 11 is 0. The number of H-pyrrole nitrogens is 1. The van der Waals surface area contributed by atoms with Crippen LogP contribution in [0.25, 0.3) is 0 Å². The summed E-state index contributed by atoms with van der Waals surface area (Å²) in [5.41, 5.74) is 3.65. The molecule has 1 atom stereocenters. The van der Waals surface area contributed by atoms with E-state index in [1.54, 1.807) is 11.1 Å². The topological polar surface area (TPSA) is 27.8 Å². The molecule has 1 saturated heterocycles. The van der Waals surface area contributed by atoms with Crippen molar-refractivity contribution in [3.8, 4) is 0 Å². The van der Waals surface area contributed by atoms with Gasteiger partial charge in [-0.15, -0.1) is 0 Å². The fourth-order valence-electron chi connectivity index (χ4n) is 2.79. The van der Waals surface area contributed by atoms with Crippen molar-refractivity contribution in [1.82, 2.24) is 10.3 Å². The van der Waals surface area contributed by atoms with Gasteiger partial charge in [-0.25, -0.2) is 0 Å². The molecular formula is C10H14N2. The molecule has 0 bridgehead atoms. The van der Waals surface area contributed by atoms with Crippen LogP contribution in [0.4, 0.5) is 0 Å². The molecule has 64 valence electrons. The summed E-state index contributed by atoms with van der Waals surface area (Å²) < 4.78 is 0. The highest BCUT2D eigenvalue weighted by molar-refractivity contribution is 5.38. The summed E-state index contributed by atoms with van der Waals surface area (Å²) in [6.07, 6.45) is 8.34. The van der Waals surface area contributed by atoms with Crippen LogP contribution in [0.5, 0.6) is 0 Å². The summed E-state index contributed by atoms with van der Waals surface area (Å²) in [4.78, 5) is 3.22. The van der Waals surface area contributed by atoms with Gasteiger partial charge in [0.05, 0.1) is 0 Å². The molecule has 3 rings (SSSR count). The van der Waals surface area contributed by atoms with E-state index in [1.807, 2.05) is 0 Å². The SMILES string of the molecule is c1[nH]cc2c1CCC21CCNC1. The van der Waals surface area contributed by atoms with E-state index < -0.39 is 0 Å². The molecule has 2 heteroatoms. The first-order valence-corrected chi connectivity index (χ1v) is 4.78. The molecule has 2 N–H and O–H groups in total. The molecule has 1 aromatic rings. The van der Waals surface area contributed by atoms with Crippen LogP contribution >= 0.6 is 0 Å². The van der Waals surface area contributed by atoms with E-state index in [1.165, 1.54) is 32.4 Å². The van der Waals surface area contributed by atoms with Crippen LogP contribution in [-0.2, 0) is 11.8 Å². The molecule has 1 spiro atoms. The molecule has 1 aliphatic heterocycles. The van der Waals surface area contributed by atoms with Crippen LogP contribution in [0.1, 0.15) is 24.0 Å². The quantitative estimate of drug-likeness (QED) is 0.589. The fourth-order valence-corrected chi connectivity index (χ4v) is 2.79. The van der Waals surface area contributed by atoms with Crippen LogP contribution in [0.2, 0.25) is 0 Å². The number of nitrogens with one attached hydrogen (secondary N) is 2. The van der Waals surface area contributed by atoms with Crippen molar-refractivity contribution in [1.29, 1.82) is 0 Å². The Morgan fingerprint density at radius 3 is 3.08 bits per heavy atom. The van der Waals surface area contributed by atoms with E-state index in [9.17, 15) is 0 Å². The van der Waals surface area contributed by atoms with Crippen molar-refractivity contribution < 1.29 is 0 Å². The number of aromatic amines is 1. The Morgan fingerprint density at radius 1 is 1.25 bits per heavy atom. The van der Waals surface area contributed by atoms with Crippen LogP contribution in [-0.4, -0.2) is 18.1 Å². The monoisotopic (exact) mass is 162 g/mol. The summed E-state index contributed by atoms with van der Waals surface area (Å²) in [5.74, 6) is 0. The maximum atomic E-state index is 3.47. The van der Waals surface area contributed by atoms with Crippen molar-refractivity contribution in [3.63, 3.8) is 0 Å². The van der Waals surface area contributed by atoms with Gasteiger partial charge in [-0.1, -0.05) is 0 Å². The molecule has 2 heterocycles. The highest BCUT2D eigenvalue weighted by Gasteiger charge is 2.41. The van der Waals surface area contributed by atoms with Gasteiger partial charge in [0.25, 0.3) is 0 Å². The summed E-state index contributed by atoms with van der Waals surface area (Å²) in [6.45, 7) is 2.39. The molecule has 0 saturated carbocycles. The number of aromatic nitrogens is 1. The lowest BCUT2D eigenvalue weighted by Crippen LogP contribution is -2.25. The maximum Gasteiger partial charge on any atom is 0.0111 e. The maximum absolute atomic E-state index is 3.47. The molecule has 12 heavy (non-hydrogen) atoms. The Balaban J connectivity index is 2.09. The molecule has 1 fully saturated rings. The number of rotatable bonds is 0. The van der Waals surface area contributed by atoms with Crippen molar-refractivity contribution >= 4 is 0 Å². The normalized spacial score (nSPS) is 33.0. The van der Waals surface area contributed by atoms with Crippen molar-refractivity contribution in [2.75, 3.05) is 13.1 Å². The fraction of sp³-hybridized carbons (Fsp3) is 0.600. The van der Waals surface area contributed by atoms with Gasteiger partial charge in [0.2, 0.25) is 0 Å². The van der Waals surface area contributed by atoms with Gasteiger partial charge in [0.15, 0.2) is 0 Å². The van der Waals surface area contributed by atoms with E-state index >= 15 is 0 Å². The van der Waals surface area contributed by atoms with Crippen molar-refractivity contribution in [3.05, 3.63) is 23.5 Å². The summed E-state index contributed by atoms with van der Waals surface area (Å²) in [5, 5.41) is 3.47. The number of hydrogen-bond acceptors (Lipinski definition) is 1. The molecule has 2 aliphatic rings. The lowest BCUT2D eigenvalue weighted by Gasteiger charge is -2.21.